The maximum absolute atomic E-state index is 11.7. The van der Waals surface area contributed by atoms with Crippen molar-refractivity contribution in [2.75, 3.05) is 0 Å². The molecule has 4 nitrogen and oxygen atoms in total. The van der Waals surface area contributed by atoms with Gasteiger partial charge in [0.2, 0.25) is 5.91 Å². The first-order valence-corrected chi connectivity index (χ1v) is 5.08. The highest BCUT2D eigenvalue weighted by molar-refractivity contribution is 5.97. The van der Waals surface area contributed by atoms with Gasteiger partial charge >= 0.3 is 0 Å². The number of carbonyl (C=O) groups is 2. The van der Waals surface area contributed by atoms with Crippen molar-refractivity contribution in [2.24, 2.45) is 0 Å². The molecule has 0 radical (unpaired) electrons. The van der Waals surface area contributed by atoms with E-state index in [0.29, 0.717) is 12.0 Å². The Hall–Kier alpha value is -2.10. The lowest BCUT2D eigenvalue weighted by molar-refractivity contribution is -0.122. The standard InChI is InChI=1S/C12H12N2O2/c15-11(9-5-2-1-3-6-9)14-10-7-4-8-13-12(10)16/h1-6,8,10H,7H2,(H,13,16)(H,14,15). The van der Waals surface area contributed by atoms with Crippen molar-refractivity contribution in [3.05, 3.63) is 48.2 Å². The van der Waals surface area contributed by atoms with Gasteiger partial charge in [-0.3, -0.25) is 9.59 Å². The molecule has 2 amide bonds. The number of amides is 2. The Labute approximate surface area is 93.3 Å². The Morgan fingerprint density at radius 3 is 2.75 bits per heavy atom. The summed E-state index contributed by atoms with van der Waals surface area (Å²) in [5, 5.41) is 5.24. The lowest BCUT2D eigenvalue weighted by atomic mass is 10.1. The zero-order valence-electron chi connectivity index (χ0n) is 8.64. The summed E-state index contributed by atoms with van der Waals surface area (Å²) in [7, 11) is 0. The van der Waals surface area contributed by atoms with Gasteiger partial charge in [0.15, 0.2) is 0 Å². The van der Waals surface area contributed by atoms with Crippen LogP contribution in [-0.4, -0.2) is 17.9 Å². The zero-order valence-corrected chi connectivity index (χ0v) is 8.64. The summed E-state index contributed by atoms with van der Waals surface area (Å²) in [6, 6.07) is 8.37. The summed E-state index contributed by atoms with van der Waals surface area (Å²) in [4.78, 5) is 23.1. The predicted molar refractivity (Wildman–Crippen MR) is 59.6 cm³/mol. The Bertz CT molecular complexity index is 426. The number of nitrogens with one attached hydrogen (secondary N) is 2. The fourth-order valence-corrected chi connectivity index (χ4v) is 1.51. The molecule has 1 aliphatic heterocycles. The van der Waals surface area contributed by atoms with Gasteiger partial charge in [0.1, 0.15) is 6.04 Å². The second-order valence-corrected chi connectivity index (χ2v) is 3.54. The first-order valence-electron chi connectivity index (χ1n) is 5.08. The summed E-state index contributed by atoms with van der Waals surface area (Å²) >= 11 is 0. The van der Waals surface area contributed by atoms with E-state index in [9.17, 15) is 9.59 Å². The van der Waals surface area contributed by atoms with Gasteiger partial charge in [-0.15, -0.1) is 0 Å². The monoisotopic (exact) mass is 216 g/mol. The van der Waals surface area contributed by atoms with Crippen LogP contribution in [0.5, 0.6) is 0 Å². The van der Waals surface area contributed by atoms with Crippen LogP contribution in [0.25, 0.3) is 0 Å². The van der Waals surface area contributed by atoms with E-state index in [1.165, 1.54) is 0 Å². The largest absolute Gasteiger partial charge is 0.340 e. The molecule has 0 saturated heterocycles. The van der Waals surface area contributed by atoms with Gasteiger partial charge in [0.05, 0.1) is 0 Å². The van der Waals surface area contributed by atoms with Crippen LogP contribution in [0.15, 0.2) is 42.6 Å². The summed E-state index contributed by atoms with van der Waals surface area (Å²) < 4.78 is 0. The highest BCUT2D eigenvalue weighted by atomic mass is 16.2. The van der Waals surface area contributed by atoms with E-state index in [4.69, 9.17) is 0 Å². The average molecular weight is 216 g/mol. The first kappa shape index (κ1) is 10.4. The summed E-state index contributed by atoms with van der Waals surface area (Å²) in [5.41, 5.74) is 0.560. The molecule has 82 valence electrons. The van der Waals surface area contributed by atoms with Gasteiger partial charge < -0.3 is 10.6 Å². The highest BCUT2D eigenvalue weighted by Gasteiger charge is 2.21. The molecule has 0 aliphatic carbocycles. The fraction of sp³-hybridized carbons (Fsp3) is 0.167. The van der Waals surface area contributed by atoms with Crippen LogP contribution in [-0.2, 0) is 4.79 Å². The summed E-state index contributed by atoms with van der Waals surface area (Å²) in [6.45, 7) is 0. The Kier molecular flexibility index (Phi) is 3.00. The van der Waals surface area contributed by atoms with Crippen molar-refractivity contribution in [1.82, 2.24) is 10.6 Å². The van der Waals surface area contributed by atoms with E-state index in [-0.39, 0.29) is 11.8 Å². The van der Waals surface area contributed by atoms with Gasteiger partial charge in [-0.2, -0.15) is 0 Å². The molecule has 0 aromatic heterocycles. The molecule has 4 heteroatoms. The van der Waals surface area contributed by atoms with Crippen LogP contribution in [0, 0.1) is 0 Å². The van der Waals surface area contributed by atoms with Crippen molar-refractivity contribution in [3.8, 4) is 0 Å². The van der Waals surface area contributed by atoms with Gasteiger partial charge in [-0.25, -0.2) is 0 Å². The molecule has 1 aliphatic rings. The number of benzene rings is 1. The predicted octanol–water partition coefficient (Wildman–Crippen LogP) is 0.819. The smallest absolute Gasteiger partial charge is 0.251 e. The van der Waals surface area contributed by atoms with Gasteiger partial charge in [-0.1, -0.05) is 24.3 Å². The quantitative estimate of drug-likeness (QED) is 0.769. The Morgan fingerprint density at radius 2 is 2.06 bits per heavy atom. The normalized spacial score (nSPS) is 19.0. The third kappa shape index (κ3) is 2.28. The van der Waals surface area contributed by atoms with Gasteiger partial charge in [-0.05, 0) is 24.8 Å². The minimum atomic E-state index is -0.474. The summed E-state index contributed by atoms with van der Waals surface area (Å²) in [6.07, 6.45) is 3.94. The topological polar surface area (TPSA) is 58.2 Å². The average Bonchev–Trinajstić information content (AvgIpc) is 2.33. The van der Waals surface area contributed by atoms with Crippen molar-refractivity contribution in [3.63, 3.8) is 0 Å². The van der Waals surface area contributed by atoms with Crippen molar-refractivity contribution in [1.29, 1.82) is 0 Å². The Morgan fingerprint density at radius 1 is 1.31 bits per heavy atom. The van der Waals surface area contributed by atoms with Crippen molar-refractivity contribution < 1.29 is 9.59 Å². The van der Waals surface area contributed by atoms with E-state index in [0.717, 1.165) is 0 Å². The third-order valence-corrected chi connectivity index (χ3v) is 2.37. The fourth-order valence-electron chi connectivity index (χ4n) is 1.51. The molecule has 2 N–H and O–H groups in total. The Balaban J connectivity index is 2.03. The van der Waals surface area contributed by atoms with E-state index >= 15 is 0 Å². The van der Waals surface area contributed by atoms with Crippen LogP contribution in [0.2, 0.25) is 0 Å². The lowest BCUT2D eigenvalue weighted by Crippen LogP contribution is -2.46. The minimum Gasteiger partial charge on any atom is -0.340 e. The number of hydrogen-bond acceptors (Lipinski definition) is 2. The van der Waals surface area contributed by atoms with E-state index in [1.807, 2.05) is 12.1 Å². The van der Waals surface area contributed by atoms with Crippen molar-refractivity contribution in [2.45, 2.75) is 12.5 Å². The SMILES string of the molecule is O=C(NC1CC=CNC1=O)c1ccccc1. The van der Waals surface area contributed by atoms with E-state index in [2.05, 4.69) is 10.6 Å². The van der Waals surface area contributed by atoms with Gasteiger partial charge in [0.25, 0.3) is 5.91 Å². The molecule has 1 atom stereocenters. The molecule has 0 saturated carbocycles. The zero-order chi connectivity index (χ0) is 11.4. The molecule has 0 spiro atoms. The molecule has 1 heterocycles. The van der Waals surface area contributed by atoms with Gasteiger partial charge in [0, 0.05) is 5.56 Å². The van der Waals surface area contributed by atoms with Crippen LogP contribution in [0.4, 0.5) is 0 Å². The number of carbonyl (C=O) groups excluding carboxylic acids is 2. The second-order valence-electron chi connectivity index (χ2n) is 3.54. The molecule has 1 unspecified atom stereocenters. The maximum Gasteiger partial charge on any atom is 0.251 e. The highest BCUT2D eigenvalue weighted by Crippen LogP contribution is 2.03. The lowest BCUT2D eigenvalue weighted by Gasteiger charge is -2.18. The first-order chi connectivity index (χ1) is 7.77. The van der Waals surface area contributed by atoms with Crippen LogP contribution in [0.3, 0.4) is 0 Å². The number of hydrogen-bond donors (Lipinski definition) is 2. The van der Waals surface area contributed by atoms with Crippen molar-refractivity contribution >= 4 is 11.8 Å². The molecule has 1 aromatic carbocycles. The minimum absolute atomic E-state index is 0.174. The molecule has 1 aromatic rings. The number of rotatable bonds is 2. The molecule has 2 rings (SSSR count). The molecule has 0 fully saturated rings. The van der Waals surface area contributed by atoms with E-state index < -0.39 is 6.04 Å². The maximum atomic E-state index is 11.7. The summed E-state index contributed by atoms with van der Waals surface area (Å²) in [5.74, 6) is -0.400. The molecular formula is C12H12N2O2. The van der Waals surface area contributed by atoms with Crippen LogP contribution >= 0.6 is 0 Å². The second kappa shape index (κ2) is 4.61. The third-order valence-electron chi connectivity index (χ3n) is 2.37. The van der Waals surface area contributed by atoms with Crippen LogP contribution < -0.4 is 10.6 Å². The van der Waals surface area contributed by atoms with Crippen LogP contribution in [0.1, 0.15) is 16.8 Å². The molecular weight excluding hydrogens is 204 g/mol. The molecule has 16 heavy (non-hydrogen) atoms. The van der Waals surface area contributed by atoms with E-state index in [1.54, 1.807) is 30.5 Å². The molecule has 0 bridgehead atoms.